The predicted molar refractivity (Wildman–Crippen MR) is 193 cm³/mol. The Morgan fingerprint density at radius 1 is 1.00 bits per heavy atom. The van der Waals surface area contributed by atoms with Crippen molar-refractivity contribution in [3.8, 4) is 16.3 Å². The van der Waals surface area contributed by atoms with Gasteiger partial charge in [0.25, 0.3) is 0 Å². The van der Waals surface area contributed by atoms with Crippen molar-refractivity contribution in [2.45, 2.75) is 58.9 Å². The fourth-order valence-electron chi connectivity index (χ4n) is 6.25. The van der Waals surface area contributed by atoms with Gasteiger partial charge in [-0.05, 0) is 74.2 Å². The summed E-state index contributed by atoms with van der Waals surface area (Å²) in [6.45, 7) is 6.82. The Morgan fingerprint density at radius 3 is 2.53 bits per heavy atom. The number of rotatable bonds is 9. The minimum Gasteiger partial charge on any atom is -0.384 e. The average molecular weight is 683 g/mol. The van der Waals surface area contributed by atoms with Gasteiger partial charge in [0.05, 0.1) is 23.3 Å². The van der Waals surface area contributed by atoms with Crippen LogP contribution in [0.3, 0.4) is 0 Å². The number of pyridine rings is 1. The van der Waals surface area contributed by atoms with Crippen LogP contribution in [0.2, 0.25) is 5.02 Å². The number of nitrogens with zero attached hydrogens (tertiary/aromatic N) is 5. The quantitative estimate of drug-likeness (QED) is 0.162. The van der Waals surface area contributed by atoms with Crippen molar-refractivity contribution in [1.29, 1.82) is 0 Å². The van der Waals surface area contributed by atoms with E-state index in [9.17, 15) is 9.59 Å². The highest BCUT2D eigenvalue weighted by atomic mass is 35.5. The van der Waals surface area contributed by atoms with Crippen molar-refractivity contribution in [1.82, 2.24) is 19.7 Å². The normalized spacial score (nSPS) is 14.9. The maximum absolute atomic E-state index is 13.4. The Balaban J connectivity index is 0.00000386. The molecule has 1 atom stereocenters. The highest BCUT2D eigenvalue weighted by molar-refractivity contribution is 7.59. The number of fused-ring (bicyclic) bond motifs is 4. The molecule has 11 heteroatoms. The van der Waals surface area contributed by atoms with E-state index in [1.807, 2.05) is 61.7 Å². The van der Waals surface area contributed by atoms with Crippen LogP contribution in [0.5, 0.6) is 0 Å². The number of hydrogen-bond donors (Lipinski definition) is 1. The molecular weight excluding hydrogens is 648 g/mol. The van der Waals surface area contributed by atoms with Crippen LogP contribution in [-0.4, -0.2) is 43.6 Å². The summed E-state index contributed by atoms with van der Waals surface area (Å²) in [6, 6.07) is 17.4. The Labute approximate surface area is 289 Å². The molecule has 8 nitrogen and oxygen atoms in total. The number of carbonyl (C=O) groups is 2. The van der Waals surface area contributed by atoms with E-state index in [1.54, 1.807) is 11.3 Å². The van der Waals surface area contributed by atoms with Gasteiger partial charge in [-0.25, -0.2) is 0 Å². The van der Waals surface area contributed by atoms with Crippen molar-refractivity contribution in [2.75, 3.05) is 11.9 Å². The summed E-state index contributed by atoms with van der Waals surface area (Å²) in [5.74, 6) is 1.86. The number of carbonyl (C=O) groups excluding carboxylic acids is 2. The minimum atomic E-state index is -0.458. The van der Waals surface area contributed by atoms with Crippen molar-refractivity contribution in [2.24, 2.45) is 4.99 Å². The zero-order valence-electron chi connectivity index (χ0n) is 26.4. The summed E-state index contributed by atoms with van der Waals surface area (Å²) in [5.41, 5.74) is 9.02. The van der Waals surface area contributed by atoms with Crippen molar-refractivity contribution < 1.29 is 9.59 Å². The van der Waals surface area contributed by atoms with Gasteiger partial charge >= 0.3 is 0 Å². The van der Waals surface area contributed by atoms with Crippen molar-refractivity contribution in [3.05, 3.63) is 110 Å². The number of thiophene rings is 1. The van der Waals surface area contributed by atoms with Gasteiger partial charge in [0.15, 0.2) is 5.82 Å². The van der Waals surface area contributed by atoms with Crippen LogP contribution in [0.15, 0.2) is 65.8 Å². The number of anilines is 1. The third-order valence-electron chi connectivity index (χ3n) is 8.78. The molecule has 0 saturated heterocycles. The van der Waals surface area contributed by atoms with Gasteiger partial charge in [-0.15, -0.1) is 21.5 Å². The summed E-state index contributed by atoms with van der Waals surface area (Å²) in [5, 5.41) is 14.0. The molecule has 2 aliphatic rings. The lowest BCUT2D eigenvalue weighted by molar-refractivity contribution is -0.119. The first-order valence-electron chi connectivity index (χ1n) is 15.5. The van der Waals surface area contributed by atoms with E-state index in [2.05, 4.69) is 45.0 Å². The second kappa shape index (κ2) is 13.5. The lowest BCUT2D eigenvalue weighted by Crippen LogP contribution is -2.12. The zero-order chi connectivity index (χ0) is 31.9. The molecule has 1 aliphatic heterocycles. The number of aryl methyl sites for hydroxylation is 2. The molecular formula is C36H35ClN6O2S2. The number of benzene rings is 2. The Hall–Kier alpha value is -4.12. The fraction of sp³-hybridized carbons (Fsp3) is 0.278. The Bertz CT molecular complexity index is 2010. The van der Waals surface area contributed by atoms with Gasteiger partial charge in [-0.2, -0.15) is 13.5 Å². The van der Waals surface area contributed by atoms with E-state index >= 15 is 0 Å². The highest BCUT2D eigenvalue weighted by Crippen LogP contribution is 2.40. The molecule has 0 bridgehead atoms. The van der Waals surface area contributed by atoms with Gasteiger partial charge in [0, 0.05) is 58.8 Å². The number of halogens is 1. The molecule has 0 spiro atoms. The molecule has 2 aromatic carbocycles. The lowest BCUT2D eigenvalue weighted by Gasteiger charge is -2.13. The number of aliphatic imine (C=N–C) groups is 1. The van der Waals surface area contributed by atoms with E-state index in [0.717, 1.165) is 61.3 Å². The standard InChI is InChI=1S/C36H33ClN6O2S.H2S/c1-20-21(2)46-36-33(20)34(23-8-10-27(37)11-9-23)40-32(35-42-41-22(3)43(35)36)18-29(44)5-4-14-38-28-12-13-31(39-19-28)25-7-6-24-16-30(45)17-26(24)15-25;/h6-13,15,19,32,38H,4-5,14,16-18H2,1-3H3;1H2/t32-;/m0./s1. The molecule has 1 aliphatic carbocycles. The van der Waals surface area contributed by atoms with Crippen LogP contribution in [0.1, 0.15) is 69.6 Å². The average Bonchev–Trinajstić information content (AvgIpc) is 3.68. The summed E-state index contributed by atoms with van der Waals surface area (Å²) in [4.78, 5) is 36.2. The van der Waals surface area contributed by atoms with E-state index in [0.29, 0.717) is 43.1 Å². The number of aromatic nitrogens is 4. The third kappa shape index (κ3) is 6.54. The van der Waals surface area contributed by atoms with Crippen LogP contribution >= 0.6 is 36.4 Å². The number of Topliss-reactive ketones (excluding diaryl/α,β-unsaturated/α-hetero) is 2. The number of nitrogens with one attached hydrogen (secondary N) is 1. The number of ketones is 2. The van der Waals surface area contributed by atoms with Crippen molar-refractivity contribution >= 4 is 59.4 Å². The first-order chi connectivity index (χ1) is 22.2. The molecule has 5 aromatic rings. The molecule has 0 fully saturated rings. The predicted octanol–water partition coefficient (Wildman–Crippen LogP) is 7.49. The molecule has 7 rings (SSSR count). The molecule has 240 valence electrons. The van der Waals surface area contributed by atoms with E-state index < -0.39 is 6.04 Å². The SMILES string of the molecule is Cc1sc2c(c1C)C(c1ccc(Cl)cc1)=N[C@@H](CC(=O)CCCNc1ccc(-c3ccc4c(c3)CC(=O)C4)nc1)c1nnc(C)n1-2.S. The maximum atomic E-state index is 13.4. The Morgan fingerprint density at radius 2 is 1.77 bits per heavy atom. The molecule has 0 amide bonds. The first kappa shape index (κ1) is 32.8. The van der Waals surface area contributed by atoms with Gasteiger partial charge in [-0.1, -0.05) is 35.9 Å². The van der Waals surface area contributed by atoms with Crippen LogP contribution in [0, 0.1) is 20.8 Å². The summed E-state index contributed by atoms with van der Waals surface area (Å²) < 4.78 is 2.07. The van der Waals surface area contributed by atoms with Crippen LogP contribution in [0.4, 0.5) is 5.69 Å². The molecule has 1 N–H and O–H groups in total. The molecule has 0 unspecified atom stereocenters. The molecule has 3 aromatic heterocycles. The van der Waals surface area contributed by atoms with E-state index in [-0.39, 0.29) is 31.5 Å². The third-order valence-corrected chi connectivity index (χ3v) is 10.2. The van der Waals surface area contributed by atoms with Crippen LogP contribution < -0.4 is 5.32 Å². The molecule has 47 heavy (non-hydrogen) atoms. The smallest absolute Gasteiger partial charge is 0.163 e. The van der Waals surface area contributed by atoms with E-state index in [4.69, 9.17) is 16.6 Å². The van der Waals surface area contributed by atoms with Gasteiger partial charge in [0.2, 0.25) is 0 Å². The minimum absolute atomic E-state index is 0. The monoisotopic (exact) mass is 682 g/mol. The second-order valence-corrected chi connectivity index (χ2v) is 13.6. The topological polar surface area (TPSA) is 102 Å². The number of hydrogen-bond acceptors (Lipinski definition) is 8. The molecule has 0 saturated carbocycles. The lowest BCUT2D eigenvalue weighted by atomic mass is 9.99. The van der Waals surface area contributed by atoms with Gasteiger partial charge in [-0.3, -0.25) is 24.1 Å². The second-order valence-electron chi connectivity index (χ2n) is 12.0. The molecule has 4 heterocycles. The van der Waals surface area contributed by atoms with Crippen LogP contribution in [-0.2, 0) is 22.4 Å². The summed E-state index contributed by atoms with van der Waals surface area (Å²) in [6.07, 6.45) is 4.19. The first-order valence-corrected chi connectivity index (χ1v) is 16.7. The highest BCUT2D eigenvalue weighted by Gasteiger charge is 2.32. The van der Waals surface area contributed by atoms with E-state index in [1.165, 1.54) is 4.88 Å². The summed E-state index contributed by atoms with van der Waals surface area (Å²) >= 11 is 7.92. The van der Waals surface area contributed by atoms with Crippen LogP contribution in [0.25, 0.3) is 16.3 Å². The molecule has 0 radical (unpaired) electrons. The van der Waals surface area contributed by atoms with Gasteiger partial charge < -0.3 is 5.32 Å². The fourth-order valence-corrected chi connectivity index (χ4v) is 7.59. The zero-order valence-corrected chi connectivity index (χ0v) is 29.0. The van der Waals surface area contributed by atoms with Crippen molar-refractivity contribution in [3.63, 3.8) is 0 Å². The van der Waals surface area contributed by atoms with Gasteiger partial charge in [0.1, 0.15) is 28.4 Å². The largest absolute Gasteiger partial charge is 0.384 e. The summed E-state index contributed by atoms with van der Waals surface area (Å²) in [7, 11) is 0. The maximum Gasteiger partial charge on any atom is 0.163 e. The Kier molecular flexibility index (Phi) is 9.46.